The largest absolute Gasteiger partial charge is 0.461 e. The van der Waals surface area contributed by atoms with E-state index < -0.39 is 35.5 Å². The van der Waals surface area contributed by atoms with Gasteiger partial charge < -0.3 is 10.5 Å². The number of alkyl halides is 4. The van der Waals surface area contributed by atoms with Crippen molar-refractivity contribution in [1.29, 1.82) is 0 Å². The average molecular weight is 431 g/mol. The van der Waals surface area contributed by atoms with Crippen LogP contribution in [0.1, 0.15) is 17.0 Å². The zero-order chi connectivity index (χ0) is 22.1. The highest BCUT2D eigenvalue weighted by atomic mass is 19.3. The number of ether oxygens (including phenoxy) is 1. The monoisotopic (exact) mass is 431 g/mol. The molecular weight excluding hydrogens is 416 g/mol. The summed E-state index contributed by atoms with van der Waals surface area (Å²) in [6.07, 6.45) is -9.17. The minimum Gasteiger partial charge on any atom is -0.428 e. The molecule has 1 aromatic heterocycles. The molecule has 0 spiro atoms. The summed E-state index contributed by atoms with van der Waals surface area (Å²) >= 11 is 0. The Balaban J connectivity index is 2.10. The number of rotatable bonds is 7. The fraction of sp³-hybridized carbons (Fsp3) is 0.278. The predicted octanol–water partition coefficient (Wildman–Crippen LogP) is 3.17. The summed E-state index contributed by atoms with van der Waals surface area (Å²) in [6, 6.07) is 7.17. The van der Waals surface area contributed by atoms with Crippen LogP contribution < -0.4 is 10.5 Å². The lowest BCUT2D eigenvalue weighted by Gasteiger charge is -2.30. The second-order valence-corrected chi connectivity index (χ2v) is 6.49. The van der Waals surface area contributed by atoms with E-state index in [1.807, 2.05) is 0 Å². The summed E-state index contributed by atoms with van der Waals surface area (Å²) in [7, 11) is 1.49. The lowest BCUT2D eigenvalue weighted by Crippen LogP contribution is -2.41. The van der Waals surface area contributed by atoms with Gasteiger partial charge >= 0.3 is 12.5 Å². The first-order valence-corrected chi connectivity index (χ1v) is 8.43. The summed E-state index contributed by atoms with van der Waals surface area (Å²) in [4.78, 5) is 1.14. The van der Waals surface area contributed by atoms with E-state index in [-0.39, 0.29) is 23.4 Å². The molecule has 6 nitrogen and oxygen atoms in total. The Labute approximate surface area is 166 Å². The van der Waals surface area contributed by atoms with Crippen molar-refractivity contribution in [3.05, 3.63) is 71.1 Å². The Kier molecular flexibility index (Phi) is 5.70. The van der Waals surface area contributed by atoms with Crippen LogP contribution in [0.2, 0.25) is 0 Å². The van der Waals surface area contributed by atoms with Crippen LogP contribution in [0.3, 0.4) is 0 Å². The van der Waals surface area contributed by atoms with Crippen LogP contribution in [0.25, 0.3) is 0 Å². The van der Waals surface area contributed by atoms with Crippen LogP contribution in [0.15, 0.2) is 42.5 Å². The Hall–Kier alpha value is -3.15. The van der Waals surface area contributed by atoms with Gasteiger partial charge in [-0.3, -0.25) is 0 Å². The quantitative estimate of drug-likeness (QED) is 0.582. The van der Waals surface area contributed by atoms with Gasteiger partial charge in [0.25, 0.3) is 0 Å². The standard InChI is InChI=1S/C18H15F6N5O/c1-29-27-15(26-28-29)9-17(25,10-2-4-12(19)5-3-10)11-6-13(20)8-14(7-11)30-18(23,24)16(21)22/h2-8,16H,9,25H2,1H3/t17-/m1/s1. The molecule has 0 unspecified atom stereocenters. The number of aromatic nitrogens is 4. The Morgan fingerprint density at radius 3 is 2.27 bits per heavy atom. The van der Waals surface area contributed by atoms with Gasteiger partial charge in [0.05, 0.1) is 12.6 Å². The highest BCUT2D eigenvalue weighted by molar-refractivity contribution is 5.43. The maximum absolute atomic E-state index is 14.2. The molecule has 0 aliphatic rings. The Bertz CT molecular complexity index is 1030. The van der Waals surface area contributed by atoms with Gasteiger partial charge in [-0.15, -0.1) is 10.2 Å². The van der Waals surface area contributed by atoms with Crippen molar-refractivity contribution in [2.24, 2.45) is 12.8 Å². The minimum absolute atomic E-state index is 0.110. The molecule has 3 aromatic rings. The summed E-state index contributed by atoms with van der Waals surface area (Å²) < 4.78 is 83.1. The van der Waals surface area contributed by atoms with Crippen molar-refractivity contribution in [2.45, 2.75) is 24.5 Å². The van der Waals surface area contributed by atoms with Crippen molar-refractivity contribution in [2.75, 3.05) is 0 Å². The van der Waals surface area contributed by atoms with Crippen LogP contribution in [0.4, 0.5) is 26.3 Å². The molecule has 12 heteroatoms. The number of benzene rings is 2. The molecule has 2 N–H and O–H groups in total. The fourth-order valence-corrected chi connectivity index (χ4v) is 2.84. The van der Waals surface area contributed by atoms with E-state index in [0.29, 0.717) is 6.07 Å². The smallest absolute Gasteiger partial charge is 0.428 e. The van der Waals surface area contributed by atoms with Crippen molar-refractivity contribution in [3.8, 4) is 5.75 Å². The number of hydrogen-bond donors (Lipinski definition) is 1. The van der Waals surface area contributed by atoms with Gasteiger partial charge in [-0.05, 0) is 40.6 Å². The van der Waals surface area contributed by atoms with Gasteiger partial charge in [0, 0.05) is 12.5 Å². The van der Waals surface area contributed by atoms with E-state index in [1.54, 1.807) is 0 Å². The average Bonchev–Trinajstić information content (AvgIpc) is 3.05. The Morgan fingerprint density at radius 2 is 1.70 bits per heavy atom. The van der Waals surface area contributed by atoms with Crippen molar-refractivity contribution in [1.82, 2.24) is 20.2 Å². The number of hydrogen-bond acceptors (Lipinski definition) is 5. The molecule has 1 heterocycles. The van der Waals surface area contributed by atoms with Crippen molar-refractivity contribution >= 4 is 0 Å². The molecule has 0 bridgehead atoms. The lowest BCUT2D eigenvalue weighted by molar-refractivity contribution is -0.253. The fourth-order valence-electron chi connectivity index (χ4n) is 2.84. The number of nitrogens with zero attached hydrogens (tertiary/aromatic N) is 4. The van der Waals surface area contributed by atoms with E-state index in [1.165, 1.54) is 19.2 Å². The number of aryl methyl sites for hydroxylation is 1. The summed E-state index contributed by atoms with van der Waals surface area (Å²) in [6.45, 7) is 0. The van der Waals surface area contributed by atoms with Crippen LogP contribution in [0.5, 0.6) is 5.75 Å². The molecule has 0 aliphatic heterocycles. The van der Waals surface area contributed by atoms with Gasteiger partial charge in [-0.2, -0.15) is 22.4 Å². The van der Waals surface area contributed by atoms with Crippen LogP contribution in [0, 0.1) is 11.6 Å². The van der Waals surface area contributed by atoms with Gasteiger partial charge in [-0.25, -0.2) is 8.78 Å². The van der Waals surface area contributed by atoms with Crippen molar-refractivity contribution in [3.63, 3.8) is 0 Å². The minimum atomic E-state index is -4.84. The normalized spacial score (nSPS) is 14.0. The highest BCUT2D eigenvalue weighted by Crippen LogP contribution is 2.35. The van der Waals surface area contributed by atoms with Crippen LogP contribution in [-0.4, -0.2) is 32.7 Å². The first kappa shape index (κ1) is 21.6. The first-order valence-electron chi connectivity index (χ1n) is 8.43. The highest BCUT2D eigenvalue weighted by Gasteiger charge is 2.44. The van der Waals surface area contributed by atoms with Gasteiger partial charge in [-0.1, -0.05) is 12.1 Å². The molecule has 160 valence electrons. The summed E-state index contributed by atoms with van der Waals surface area (Å²) in [5, 5.41) is 11.5. The first-order chi connectivity index (χ1) is 14.0. The maximum Gasteiger partial charge on any atom is 0.461 e. The molecular formula is C18H15F6N5O. The zero-order valence-electron chi connectivity index (χ0n) is 15.4. The third-order valence-electron chi connectivity index (χ3n) is 4.24. The summed E-state index contributed by atoms with van der Waals surface area (Å²) in [5.41, 5.74) is 4.99. The van der Waals surface area contributed by atoms with E-state index in [2.05, 4.69) is 20.1 Å². The molecule has 0 radical (unpaired) electrons. The molecule has 3 rings (SSSR count). The van der Waals surface area contributed by atoms with Gasteiger partial charge in [0.1, 0.15) is 17.4 Å². The van der Waals surface area contributed by atoms with E-state index >= 15 is 0 Å². The van der Waals surface area contributed by atoms with Gasteiger partial charge in [0.15, 0.2) is 5.82 Å². The lowest BCUT2D eigenvalue weighted by atomic mass is 9.80. The van der Waals surface area contributed by atoms with Crippen LogP contribution >= 0.6 is 0 Å². The molecule has 0 saturated heterocycles. The van der Waals surface area contributed by atoms with Crippen molar-refractivity contribution < 1.29 is 31.1 Å². The third-order valence-corrected chi connectivity index (χ3v) is 4.24. The third kappa shape index (κ3) is 4.53. The van der Waals surface area contributed by atoms with E-state index in [0.717, 1.165) is 29.1 Å². The SMILES string of the molecule is Cn1nnc(C[C@@](N)(c2ccc(F)cc2)c2cc(F)cc(OC(F)(F)C(F)F)c2)n1. The molecule has 1 atom stereocenters. The molecule has 0 fully saturated rings. The van der Waals surface area contributed by atoms with Gasteiger partial charge in [0.2, 0.25) is 0 Å². The topological polar surface area (TPSA) is 78.9 Å². The predicted molar refractivity (Wildman–Crippen MR) is 91.8 cm³/mol. The maximum atomic E-state index is 14.2. The molecule has 2 aromatic carbocycles. The molecule has 0 aliphatic carbocycles. The molecule has 0 saturated carbocycles. The molecule has 0 amide bonds. The second kappa shape index (κ2) is 7.94. The summed E-state index contributed by atoms with van der Waals surface area (Å²) in [5.74, 6) is -2.37. The zero-order valence-corrected chi connectivity index (χ0v) is 15.4. The van der Waals surface area contributed by atoms with E-state index in [9.17, 15) is 26.3 Å². The Morgan fingerprint density at radius 1 is 1.03 bits per heavy atom. The number of nitrogens with two attached hydrogens (primary N) is 1. The number of halogens is 6. The number of tetrazole rings is 1. The second-order valence-electron chi connectivity index (χ2n) is 6.49. The van der Waals surface area contributed by atoms with E-state index in [4.69, 9.17) is 5.73 Å². The molecule has 30 heavy (non-hydrogen) atoms. The van der Waals surface area contributed by atoms with Crippen LogP contribution in [-0.2, 0) is 19.0 Å².